The molecule has 0 unspecified atom stereocenters. The summed E-state index contributed by atoms with van der Waals surface area (Å²) < 4.78 is 0. The molecule has 0 radical (unpaired) electrons. The minimum Gasteiger partial charge on any atom is -0.338 e. The van der Waals surface area contributed by atoms with E-state index < -0.39 is 0 Å². The molecule has 3 heteroatoms. The third kappa shape index (κ3) is 2.40. The van der Waals surface area contributed by atoms with E-state index in [0.29, 0.717) is 5.92 Å². The predicted octanol–water partition coefficient (Wildman–Crippen LogP) is 2.54. The molecule has 1 amide bonds. The summed E-state index contributed by atoms with van der Waals surface area (Å²) >= 11 is 3.47. The smallest absolute Gasteiger partial charge is 0.253 e. The van der Waals surface area contributed by atoms with Crippen LogP contribution in [0.1, 0.15) is 16.8 Å². The summed E-state index contributed by atoms with van der Waals surface area (Å²) in [5.74, 6) is 0.789. The van der Waals surface area contributed by atoms with Crippen molar-refractivity contribution in [2.45, 2.75) is 6.42 Å². The van der Waals surface area contributed by atoms with Gasteiger partial charge in [0, 0.05) is 24.0 Å². The van der Waals surface area contributed by atoms with Gasteiger partial charge in [-0.1, -0.05) is 34.1 Å². The van der Waals surface area contributed by atoms with Crippen LogP contribution >= 0.6 is 15.9 Å². The van der Waals surface area contributed by atoms with Gasteiger partial charge in [-0.15, -0.1) is 0 Å². The first-order valence-electron chi connectivity index (χ1n) is 5.21. The Bertz CT molecular complexity index is 339. The zero-order chi connectivity index (χ0) is 10.7. The Morgan fingerprint density at radius 3 is 2.73 bits per heavy atom. The molecule has 0 aromatic heterocycles. The zero-order valence-electron chi connectivity index (χ0n) is 8.53. The molecule has 0 N–H and O–H groups in total. The number of halogens is 1. The van der Waals surface area contributed by atoms with Crippen LogP contribution in [0.5, 0.6) is 0 Å². The summed E-state index contributed by atoms with van der Waals surface area (Å²) in [6, 6.07) is 9.51. The summed E-state index contributed by atoms with van der Waals surface area (Å²) in [6.45, 7) is 1.78. The molecule has 1 atom stereocenters. The molecule has 1 aliphatic rings. The molecule has 2 rings (SSSR count). The molecule has 0 saturated carbocycles. The molecular weight excluding hydrogens is 254 g/mol. The average Bonchev–Trinajstić information content (AvgIpc) is 2.78. The van der Waals surface area contributed by atoms with Gasteiger partial charge in [0.2, 0.25) is 0 Å². The van der Waals surface area contributed by atoms with Crippen LogP contribution in [0.15, 0.2) is 30.3 Å². The number of nitrogens with zero attached hydrogens (tertiary/aromatic N) is 1. The maximum Gasteiger partial charge on any atom is 0.253 e. The summed E-state index contributed by atoms with van der Waals surface area (Å²) in [5.41, 5.74) is 0.799. The number of amides is 1. The van der Waals surface area contributed by atoms with Crippen molar-refractivity contribution >= 4 is 21.8 Å². The molecular formula is C12H14BrNO. The molecule has 1 aromatic rings. The van der Waals surface area contributed by atoms with Crippen LogP contribution < -0.4 is 0 Å². The fourth-order valence-electron chi connectivity index (χ4n) is 1.91. The number of hydrogen-bond acceptors (Lipinski definition) is 1. The van der Waals surface area contributed by atoms with E-state index >= 15 is 0 Å². The van der Waals surface area contributed by atoms with Crippen molar-refractivity contribution in [1.29, 1.82) is 0 Å². The van der Waals surface area contributed by atoms with Crippen molar-refractivity contribution in [3.63, 3.8) is 0 Å². The van der Waals surface area contributed by atoms with Crippen LogP contribution in [-0.4, -0.2) is 29.2 Å². The number of alkyl halides is 1. The number of carbonyl (C=O) groups is 1. The summed E-state index contributed by atoms with van der Waals surface area (Å²) in [4.78, 5) is 14.0. The van der Waals surface area contributed by atoms with E-state index in [1.165, 1.54) is 0 Å². The predicted molar refractivity (Wildman–Crippen MR) is 64.2 cm³/mol. The van der Waals surface area contributed by atoms with E-state index in [-0.39, 0.29) is 5.91 Å². The molecule has 80 valence electrons. The molecule has 2 nitrogen and oxygen atoms in total. The van der Waals surface area contributed by atoms with Crippen molar-refractivity contribution in [3.8, 4) is 0 Å². The van der Waals surface area contributed by atoms with Gasteiger partial charge in [-0.3, -0.25) is 4.79 Å². The Labute approximate surface area is 98.4 Å². The van der Waals surface area contributed by atoms with Gasteiger partial charge in [-0.25, -0.2) is 0 Å². The zero-order valence-corrected chi connectivity index (χ0v) is 10.1. The van der Waals surface area contributed by atoms with Gasteiger partial charge in [0.25, 0.3) is 5.91 Å². The Morgan fingerprint density at radius 2 is 2.13 bits per heavy atom. The lowest BCUT2D eigenvalue weighted by Gasteiger charge is -2.15. The van der Waals surface area contributed by atoms with E-state index in [2.05, 4.69) is 15.9 Å². The van der Waals surface area contributed by atoms with Crippen molar-refractivity contribution in [2.75, 3.05) is 18.4 Å². The molecule has 1 heterocycles. The van der Waals surface area contributed by atoms with Gasteiger partial charge in [0.1, 0.15) is 0 Å². The maximum absolute atomic E-state index is 12.0. The summed E-state index contributed by atoms with van der Waals surface area (Å²) in [6.07, 6.45) is 1.11. The van der Waals surface area contributed by atoms with E-state index in [0.717, 1.165) is 30.4 Å². The first-order chi connectivity index (χ1) is 7.31. The standard InChI is InChI=1S/C12H14BrNO/c13-8-10-6-7-14(9-10)12(15)11-4-2-1-3-5-11/h1-5,10H,6-9H2/t10-/m0/s1. The van der Waals surface area contributed by atoms with Gasteiger partial charge >= 0.3 is 0 Å². The van der Waals surface area contributed by atoms with Gasteiger partial charge < -0.3 is 4.90 Å². The van der Waals surface area contributed by atoms with Crippen LogP contribution in [0.3, 0.4) is 0 Å². The van der Waals surface area contributed by atoms with E-state index in [4.69, 9.17) is 0 Å². The first-order valence-corrected chi connectivity index (χ1v) is 6.33. The van der Waals surface area contributed by atoms with Crippen molar-refractivity contribution in [1.82, 2.24) is 4.90 Å². The summed E-state index contributed by atoms with van der Waals surface area (Å²) in [7, 11) is 0. The highest BCUT2D eigenvalue weighted by molar-refractivity contribution is 9.09. The molecule has 1 saturated heterocycles. The fraction of sp³-hybridized carbons (Fsp3) is 0.417. The van der Waals surface area contributed by atoms with E-state index in [1.807, 2.05) is 35.2 Å². The molecule has 15 heavy (non-hydrogen) atoms. The molecule has 0 spiro atoms. The lowest BCUT2D eigenvalue weighted by Crippen LogP contribution is -2.28. The number of hydrogen-bond donors (Lipinski definition) is 0. The topological polar surface area (TPSA) is 20.3 Å². The molecule has 0 aliphatic carbocycles. The van der Waals surface area contributed by atoms with Crippen molar-refractivity contribution in [2.24, 2.45) is 5.92 Å². The lowest BCUT2D eigenvalue weighted by molar-refractivity contribution is 0.0788. The third-order valence-electron chi connectivity index (χ3n) is 2.81. The number of benzene rings is 1. The highest BCUT2D eigenvalue weighted by atomic mass is 79.9. The Morgan fingerprint density at radius 1 is 1.40 bits per heavy atom. The largest absolute Gasteiger partial charge is 0.338 e. The number of rotatable bonds is 2. The molecule has 0 bridgehead atoms. The third-order valence-corrected chi connectivity index (χ3v) is 3.73. The first kappa shape index (κ1) is 10.7. The van der Waals surface area contributed by atoms with E-state index in [1.54, 1.807) is 0 Å². The van der Waals surface area contributed by atoms with Crippen molar-refractivity contribution < 1.29 is 4.79 Å². The quantitative estimate of drug-likeness (QED) is 0.755. The second-order valence-electron chi connectivity index (χ2n) is 3.93. The Balaban J connectivity index is 2.04. The second kappa shape index (κ2) is 4.79. The highest BCUT2D eigenvalue weighted by Gasteiger charge is 2.25. The van der Waals surface area contributed by atoms with Crippen molar-refractivity contribution in [3.05, 3.63) is 35.9 Å². The van der Waals surface area contributed by atoms with Crippen LogP contribution in [-0.2, 0) is 0 Å². The summed E-state index contributed by atoms with van der Waals surface area (Å²) in [5, 5.41) is 0.992. The van der Waals surface area contributed by atoms with Gasteiger partial charge in [0.05, 0.1) is 0 Å². The minimum atomic E-state index is 0.166. The lowest BCUT2D eigenvalue weighted by atomic mass is 10.2. The second-order valence-corrected chi connectivity index (χ2v) is 4.57. The van der Waals surface area contributed by atoms with E-state index in [9.17, 15) is 4.79 Å². The normalized spacial score (nSPS) is 20.6. The van der Waals surface area contributed by atoms with Crippen LogP contribution in [0.2, 0.25) is 0 Å². The van der Waals surface area contributed by atoms with Crippen LogP contribution in [0.4, 0.5) is 0 Å². The Hall–Kier alpha value is -0.830. The monoisotopic (exact) mass is 267 g/mol. The van der Waals surface area contributed by atoms with Gasteiger partial charge in [-0.2, -0.15) is 0 Å². The fourth-order valence-corrected chi connectivity index (χ4v) is 2.43. The SMILES string of the molecule is O=C(c1ccccc1)N1CC[C@@H](CBr)C1. The van der Waals surface area contributed by atoms with Gasteiger partial charge in [-0.05, 0) is 24.5 Å². The molecule has 1 aromatic carbocycles. The maximum atomic E-state index is 12.0. The number of carbonyl (C=O) groups excluding carboxylic acids is 1. The highest BCUT2D eigenvalue weighted by Crippen LogP contribution is 2.20. The average molecular weight is 268 g/mol. The Kier molecular flexibility index (Phi) is 3.41. The minimum absolute atomic E-state index is 0.166. The molecule has 1 fully saturated rings. The number of likely N-dealkylation sites (tertiary alicyclic amines) is 1. The van der Waals surface area contributed by atoms with Crippen LogP contribution in [0.25, 0.3) is 0 Å². The van der Waals surface area contributed by atoms with Crippen LogP contribution in [0, 0.1) is 5.92 Å². The molecule has 1 aliphatic heterocycles. The van der Waals surface area contributed by atoms with Gasteiger partial charge in [0.15, 0.2) is 0 Å².